The fraction of sp³-hybridized carbons (Fsp3) is 0.200. The third-order valence-corrected chi connectivity index (χ3v) is 3.85. The van der Waals surface area contributed by atoms with E-state index in [1.165, 1.54) is 4.88 Å². The zero-order valence-corrected chi connectivity index (χ0v) is 10.8. The smallest absolute Gasteiger partial charge is 0.146 e. The average molecular weight is 299 g/mol. The Morgan fingerprint density at radius 2 is 2.19 bits per heavy atom. The van der Waals surface area contributed by atoms with Crippen molar-refractivity contribution in [2.75, 3.05) is 0 Å². The summed E-state index contributed by atoms with van der Waals surface area (Å²) >= 11 is 5.12. The van der Waals surface area contributed by atoms with Crippen LogP contribution in [0, 0.1) is 0 Å². The van der Waals surface area contributed by atoms with E-state index in [1.807, 2.05) is 0 Å². The summed E-state index contributed by atoms with van der Waals surface area (Å²) in [5.74, 6) is 6.24. The summed E-state index contributed by atoms with van der Waals surface area (Å²) in [7, 11) is 0. The second kappa shape index (κ2) is 5.49. The summed E-state index contributed by atoms with van der Waals surface area (Å²) in [4.78, 5) is 9.62. The van der Waals surface area contributed by atoms with Gasteiger partial charge in [-0.2, -0.15) is 0 Å². The molecule has 1 unspecified atom stereocenters. The molecule has 2 heterocycles. The first-order valence-electron chi connectivity index (χ1n) is 4.75. The molecule has 84 valence electrons. The van der Waals surface area contributed by atoms with Crippen LogP contribution in [0.4, 0.5) is 0 Å². The molecule has 0 fully saturated rings. The highest BCUT2D eigenvalue weighted by Crippen LogP contribution is 2.23. The predicted octanol–water partition coefficient (Wildman–Crippen LogP) is 2.05. The van der Waals surface area contributed by atoms with Crippen molar-refractivity contribution >= 4 is 27.3 Å². The van der Waals surface area contributed by atoms with Gasteiger partial charge in [0.15, 0.2) is 0 Å². The second-order valence-electron chi connectivity index (χ2n) is 3.26. The van der Waals surface area contributed by atoms with Crippen molar-refractivity contribution in [3.8, 4) is 0 Å². The maximum absolute atomic E-state index is 5.52. The molecule has 0 aromatic carbocycles. The van der Waals surface area contributed by atoms with Gasteiger partial charge in [0, 0.05) is 33.5 Å². The summed E-state index contributed by atoms with van der Waals surface area (Å²) in [6, 6.07) is 3.82. The lowest BCUT2D eigenvalue weighted by Crippen LogP contribution is -2.30. The van der Waals surface area contributed by atoms with Crippen LogP contribution in [-0.2, 0) is 6.42 Å². The topological polar surface area (TPSA) is 63.8 Å². The lowest BCUT2D eigenvalue weighted by atomic mass is 10.2. The number of rotatable bonds is 4. The number of nitrogens with two attached hydrogens (primary N) is 1. The maximum atomic E-state index is 5.52. The minimum absolute atomic E-state index is 0.0493. The number of aromatic nitrogens is 2. The van der Waals surface area contributed by atoms with E-state index < -0.39 is 0 Å². The lowest BCUT2D eigenvalue weighted by Gasteiger charge is -2.12. The fourth-order valence-electron chi connectivity index (χ4n) is 1.38. The fourth-order valence-corrected chi connectivity index (χ4v) is 2.88. The number of hydrogen-bond acceptors (Lipinski definition) is 5. The normalized spacial score (nSPS) is 12.6. The van der Waals surface area contributed by atoms with Crippen molar-refractivity contribution in [1.29, 1.82) is 0 Å². The summed E-state index contributed by atoms with van der Waals surface area (Å²) in [5, 5.41) is 2.05. The van der Waals surface area contributed by atoms with Crippen LogP contribution in [-0.4, -0.2) is 9.97 Å². The van der Waals surface area contributed by atoms with Gasteiger partial charge in [-0.25, -0.2) is 15.4 Å². The van der Waals surface area contributed by atoms with Crippen molar-refractivity contribution < 1.29 is 0 Å². The predicted molar refractivity (Wildman–Crippen MR) is 67.8 cm³/mol. The summed E-state index contributed by atoms with van der Waals surface area (Å²) < 4.78 is 1.09. The van der Waals surface area contributed by atoms with Crippen LogP contribution >= 0.6 is 27.3 Å². The van der Waals surface area contributed by atoms with Gasteiger partial charge in [-0.05, 0) is 28.1 Å². The SMILES string of the molecule is NNC(Cc1cc(Br)cs1)c1ncccn1. The van der Waals surface area contributed by atoms with E-state index in [2.05, 4.69) is 42.8 Å². The van der Waals surface area contributed by atoms with Crippen LogP contribution in [0.5, 0.6) is 0 Å². The van der Waals surface area contributed by atoms with Crippen molar-refractivity contribution in [2.45, 2.75) is 12.5 Å². The monoisotopic (exact) mass is 298 g/mol. The van der Waals surface area contributed by atoms with Gasteiger partial charge in [-0.1, -0.05) is 0 Å². The van der Waals surface area contributed by atoms with Gasteiger partial charge in [-0.15, -0.1) is 11.3 Å². The van der Waals surface area contributed by atoms with Crippen LogP contribution in [0.15, 0.2) is 34.4 Å². The Labute approximate surface area is 106 Å². The van der Waals surface area contributed by atoms with Crippen molar-refractivity contribution in [1.82, 2.24) is 15.4 Å². The number of hydrazine groups is 1. The molecule has 0 spiro atoms. The highest BCUT2D eigenvalue weighted by molar-refractivity contribution is 9.10. The van der Waals surface area contributed by atoms with Gasteiger partial charge in [0.25, 0.3) is 0 Å². The van der Waals surface area contributed by atoms with Gasteiger partial charge < -0.3 is 0 Å². The molecule has 0 aliphatic heterocycles. The van der Waals surface area contributed by atoms with E-state index in [0.29, 0.717) is 0 Å². The number of hydrogen-bond donors (Lipinski definition) is 2. The quantitative estimate of drug-likeness (QED) is 0.670. The Hall–Kier alpha value is -0.820. The number of nitrogens with zero attached hydrogens (tertiary/aromatic N) is 2. The highest BCUT2D eigenvalue weighted by atomic mass is 79.9. The maximum Gasteiger partial charge on any atom is 0.146 e. The Kier molecular flexibility index (Phi) is 4.00. The molecule has 2 rings (SSSR count). The Morgan fingerprint density at radius 3 is 2.75 bits per heavy atom. The zero-order chi connectivity index (χ0) is 11.4. The molecular weight excluding hydrogens is 288 g/mol. The van der Waals surface area contributed by atoms with E-state index in [0.717, 1.165) is 16.7 Å². The first-order chi connectivity index (χ1) is 7.79. The Balaban J connectivity index is 2.12. The van der Waals surface area contributed by atoms with E-state index in [9.17, 15) is 0 Å². The molecule has 1 atom stereocenters. The minimum atomic E-state index is -0.0493. The Morgan fingerprint density at radius 1 is 1.44 bits per heavy atom. The van der Waals surface area contributed by atoms with Crippen molar-refractivity contribution in [3.63, 3.8) is 0 Å². The second-order valence-corrected chi connectivity index (χ2v) is 5.17. The van der Waals surface area contributed by atoms with E-state index in [4.69, 9.17) is 5.84 Å². The zero-order valence-electron chi connectivity index (χ0n) is 8.43. The van der Waals surface area contributed by atoms with E-state index >= 15 is 0 Å². The molecule has 0 saturated carbocycles. The number of nitrogens with one attached hydrogen (secondary N) is 1. The number of thiophene rings is 1. The van der Waals surface area contributed by atoms with Gasteiger partial charge >= 0.3 is 0 Å². The lowest BCUT2D eigenvalue weighted by molar-refractivity contribution is 0.526. The molecule has 16 heavy (non-hydrogen) atoms. The summed E-state index contributed by atoms with van der Waals surface area (Å²) in [5.41, 5.74) is 2.74. The molecule has 4 nitrogen and oxygen atoms in total. The minimum Gasteiger partial charge on any atom is -0.271 e. The molecule has 0 bridgehead atoms. The van der Waals surface area contributed by atoms with Crippen LogP contribution in [0.25, 0.3) is 0 Å². The van der Waals surface area contributed by atoms with Crippen LogP contribution in [0.3, 0.4) is 0 Å². The van der Waals surface area contributed by atoms with Crippen LogP contribution in [0.1, 0.15) is 16.7 Å². The molecule has 0 aliphatic rings. The molecule has 3 N–H and O–H groups in total. The third kappa shape index (κ3) is 2.85. The van der Waals surface area contributed by atoms with Gasteiger partial charge in [0.2, 0.25) is 0 Å². The summed E-state index contributed by atoms with van der Waals surface area (Å²) in [6.45, 7) is 0. The summed E-state index contributed by atoms with van der Waals surface area (Å²) in [6.07, 6.45) is 4.23. The average Bonchev–Trinajstić information content (AvgIpc) is 2.73. The van der Waals surface area contributed by atoms with Crippen LogP contribution in [0.2, 0.25) is 0 Å². The van der Waals surface area contributed by atoms with E-state index in [-0.39, 0.29) is 6.04 Å². The van der Waals surface area contributed by atoms with Crippen LogP contribution < -0.4 is 11.3 Å². The Bertz CT molecular complexity index is 445. The van der Waals surface area contributed by atoms with Gasteiger partial charge in [0.1, 0.15) is 5.82 Å². The third-order valence-electron chi connectivity index (χ3n) is 2.13. The molecular formula is C10H11BrN4S. The first-order valence-corrected chi connectivity index (χ1v) is 6.43. The van der Waals surface area contributed by atoms with Crippen molar-refractivity contribution in [3.05, 3.63) is 45.1 Å². The largest absolute Gasteiger partial charge is 0.271 e. The molecule has 2 aromatic rings. The molecule has 0 radical (unpaired) electrons. The molecule has 0 aliphatic carbocycles. The molecule has 0 saturated heterocycles. The molecule has 6 heteroatoms. The highest BCUT2D eigenvalue weighted by Gasteiger charge is 2.13. The van der Waals surface area contributed by atoms with E-state index in [1.54, 1.807) is 29.8 Å². The molecule has 2 aromatic heterocycles. The molecule has 0 amide bonds. The number of halogens is 1. The van der Waals surface area contributed by atoms with Gasteiger partial charge in [-0.3, -0.25) is 5.84 Å². The first kappa shape index (κ1) is 11.7. The standard InChI is InChI=1S/C10H11BrN4S/c11-7-4-8(16-6-7)5-9(15-12)10-13-2-1-3-14-10/h1-4,6,9,15H,5,12H2. The van der Waals surface area contributed by atoms with Gasteiger partial charge in [0.05, 0.1) is 6.04 Å². The van der Waals surface area contributed by atoms with Crippen molar-refractivity contribution in [2.24, 2.45) is 5.84 Å².